The van der Waals surface area contributed by atoms with Crippen molar-refractivity contribution in [3.8, 4) is 0 Å². The summed E-state index contributed by atoms with van der Waals surface area (Å²) in [5, 5.41) is 2.87. The number of benzene rings is 1. The molecule has 0 aliphatic heterocycles. The smallest absolute Gasteiger partial charge is 0.251 e. The number of hydrogen-bond acceptors (Lipinski definition) is 3. The summed E-state index contributed by atoms with van der Waals surface area (Å²) in [6, 6.07) is 10.7. The van der Waals surface area contributed by atoms with Gasteiger partial charge >= 0.3 is 0 Å². The molecule has 0 radical (unpaired) electrons. The molecule has 0 saturated heterocycles. The van der Waals surface area contributed by atoms with Gasteiger partial charge in [0.25, 0.3) is 5.91 Å². The maximum Gasteiger partial charge on any atom is 0.251 e. The van der Waals surface area contributed by atoms with E-state index in [1.807, 2.05) is 25.1 Å². The van der Waals surface area contributed by atoms with Gasteiger partial charge in [-0.1, -0.05) is 12.1 Å². The molecule has 18 heavy (non-hydrogen) atoms. The maximum absolute atomic E-state index is 12.0. The first-order chi connectivity index (χ1) is 8.70. The summed E-state index contributed by atoms with van der Waals surface area (Å²) >= 11 is 0. The van der Waals surface area contributed by atoms with Gasteiger partial charge in [-0.15, -0.1) is 0 Å². The average Bonchev–Trinajstić information content (AvgIpc) is 2.92. The van der Waals surface area contributed by atoms with Crippen molar-refractivity contribution in [2.45, 2.75) is 19.5 Å². The second-order valence-electron chi connectivity index (χ2n) is 4.11. The third kappa shape index (κ3) is 2.78. The molecule has 2 rings (SSSR count). The second-order valence-corrected chi connectivity index (χ2v) is 4.11. The molecule has 1 heterocycles. The summed E-state index contributed by atoms with van der Waals surface area (Å²) in [5.74, 6) is 0.615. The van der Waals surface area contributed by atoms with E-state index < -0.39 is 0 Å². The lowest BCUT2D eigenvalue weighted by atomic mass is 10.1. The van der Waals surface area contributed by atoms with Crippen molar-refractivity contribution in [2.24, 2.45) is 5.73 Å². The van der Waals surface area contributed by atoms with Gasteiger partial charge in [0.2, 0.25) is 0 Å². The molecule has 4 heteroatoms. The number of amides is 1. The fraction of sp³-hybridized carbons (Fsp3) is 0.214. The van der Waals surface area contributed by atoms with Crippen molar-refractivity contribution >= 4 is 5.91 Å². The van der Waals surface area contributed by atoms with Gasteiger partial charge < -0.3 is 15.5 Å². The van der Waals surface area contributed by atoms with Gasteiger partial charge in [-0.3, -0.25) is 4.79 Å². The van der Waals surface area contributed by atoms with Gasteiger partial charge in [-0.2, -0.15) is 0 Å². The first-order valence-electron chi connectivity index (χ1n) is 5.84. The van der Waals surface area contributed by atoms with Crippen molar-refractivity contribution in [3.05, 3.63) is 59.5 Å². The largest absolute Gasteiger partial charge is 0.467 e. The molecule has 2 aromatic rings. The lowest BCUT2D eigenvalue weighted by Crippen LogP contribution is -2.26. The molecular formula is C14H16N2O2. The predicted molar refractivity (Wildman–Crippen MR) is 68.9 cm³/mol. The van der Waals surface area contributed by atoms with Crippen LogP contribution in [0.25, 0.3) is 0 Å². The van der Waals surface area contributed by atoms with Gasteiger partial charge in [0.15, 0.2) is 0 Å². The number of carbonyl (C=O) groups is 1. The Balaban J connectivity index is 2.03. The molecule has 1 amide bonds. The Labute approximate surface area is 106 Å². The molecule has 0 aliphatic carbocycles. The summed E-state index contributed by atoms with van der Waals surface area (Å²) < 4.78 is 5.24. The van der Waals surface area contributed by atoms with Crippen LogP contribution in [0.2, 0.25) is 0 Å². The lowest BCUT2D eigenvalue weighted by molar-refractivity contribution is 0.0935. The third-order valence-electron chi connectivity index (χ3n) is 2.77. The number of hydrogen-bond donors (Lipinski definition) is 2. The molecule has 1 aromatic heterocycles. The highest BCUT2D eigenvalue weighted by Crippen LogP contribution is 2.13. The van der Waals surface area contributed by atoms with Crippen LogP contribution in [0.4, 0.5) is 0 Å². The summed E-state index contributed by atoms with van der Waals surface area (Å²) in [4.78, 5) is 12.0. The molecule has 0 saturated carbocycles. The van der Waals surface area contributed by atoms with E-state index in [1.54, 1.807) is 24.5 Å². The summed E-state index contributed by atoms with van der Waals surface area (Å²) in [6.07, 6.45) is 1.59. The Morgan fingerprint density at radius 2 is 2.06 bits per heavy atom. The van der Waals surface area contributed by atoms with Crippen LogP contribution in [0.5, 0.6) is 0 Å². The Kier molecular flexibility index (Phi) is 3.79. The molecule has 0 spiro atoms. The Hall–Kier alpha value is -2.07. The van der Waals surface area contributed by atoms with Crippen LogP contribution in [-0.2, 0) is 6.54 Å². The number of rotatable bonds is 4. The fourth-order valence-corrected chi connectivity index (χ4v) is 1.68. The molecule has 3 N–H and O–H groups in total. The lowest BCUT2D eigenvalue weighted by Gasteiger charge is -2.11. The van der Waals surface area contributed by atoms with Crippen LogP contribution >= 0.6 is 0 Å². The van der Waals surface area contributed by atoms with Gasteiger partial charge in [-0.25, -0.2) is 0 Å². The van der Waals surface area contributed by atoms with E-state index in [9.17, 15) is 4.79 Å². The van der Waals surface area contributed by atoms with Gasteiger partial charge in [0.1, 0.15) is 5.76 Å². The molecule has 1 aromatic carbocycles. The van der Waals surface area contributed by atoms with E-state index in [-0.39, 0.29) is 11.9 Å². The monoisotopic (exact) mass is 244 g/mol. The van der Waals surface area contributed by atoms with E-state index in [0.717, 1.165) is 11.3 Å². The van der Waals surface area contributed by atoms with E-state index in [0.29, 0.717) is 12.1 Å². The minimum absolute atomic E-state index is 0.123. The molecule has 4 nitrogen and oxygen atoms in total. The van der Waals surface area contributed by atoms with E-state index in [1.165, 1.54) is 0 Å². The summed E-state index contributed by atoms with van der Waals surface area (Å²) in [6.45, 7) is 2.36. The van der Waals surface area contributed by atoms with Gasteiger partial charge in [0.05, 0.1) is 12.3 Å². The van der Waals surface area contributed by atoms with Crippen LogP contribution < -0.4 is 11.1 Å². The zero-order valence-electron chi connectivity index (χ0n) is 10.2. The Morgan fingerprint density at radius 3 is 2.61 bits per heavy atom. The van der Waals surface area contributed by atoms with Gasteiger partial charge in [0, 0.05) is 12.1 Å². The van der Waals surface area contributed by atoms with Crippen LogP contribution in [0.15, 0.2) is 47.1 Å². The first kappa shape index (κ1) is 12.4. The molecular weight excluding hydrogens is 228 g/mol. The number of nitrogens with two attached hydrogens (primary N) is 1. The normalized spacial score (nSPS) is 12.1. The van der Waals surface area contributed by atoms with E-state index >= 15 is 0 Å². The summed E-state index contributed by atoms with van der Waals surface area (Å²) in [5.41, 5.74) is 7.13. The molecule has 0 unspecified atom stereocenters. The zero-order valence-corrected chi connectivity index (χ0v) is 10.2. The molecule has 0 fully saturated rings. The molecule has 0 bridgehead atoms. The van der Waals surface area contributed by atoms with Gasteiger partial charge in [-0.05, 0) is 36.8 Å². The first-order valence-corrected chi connectivity index (χ1v) is 5.84. The van der Waals surface area contributed by atoms with Crippen LogP contribution in [0, 0.1) is 0 Å². The number of furan rings is 1. The molecule has 94 valence electrons. The standard InChI is InChI=1S/C14H16N2O2/c1-10(13-3-2-8-18-13)16-14(17)12-6-4-11(9-15)5-7-12/h2-8,10H,9,15H2,1H3,(H,16,17)/t10-/m1/s1. The highest BCUT2D eigenvalue weighted by atomic mass is 16.3. The van der Waals surface area contributed by atoms with Crippen molar-refractivity contribution in [1.82, 2.24) is 5.32 Å². The predicted octanol–water partition coefficient (Wildman–Crippen LogP) is 2.23. The highest BCUT2D eigenvalue weighted by molar-refractivity contribution is 5.94. The van der Waals surface area contributed by atoms with Crippen molar-refractivity contribution < 1.29 is 9.21 Å². The number of carbonyl (C=O) groups excluding carboxylic acids is 1. The Bertz CT molecular complexity index is 503. The minimum atomic E-state index is -0.151. The zero-order chi connectivity index (χ0) is 13.0. The topological polar surface area (TPSA) is 68.3 Å². The second kappa shape index (κ2) is 5.51. The maximum atomic E-state index is 12.0. The van der Waals surface area contributed by atoms with Crippen molar-refractivity contribution in [3.63, 3.8) is 0 Å². The summed E-state index contributed by atoms with van der Waals surface area (Å²) in [7, 11) is 0. The van der Waals surface area contributed by atoms with E-state index in [4.69, 9.17) is 10.2 Å². The molecule has 0 aliphatic rings. The fourth-order valence-electron chi connectivity index (χ4n) is 1.68. The van der Waals surface area contributed by atoms with Crippen LogP contribution in [-0.4, -0.2) is 5.91 Å². The van der Waals surface area contributed by atoms with Crippen molar-refractivity contribution in [2.75, 3.05) is 0 Å². The minimum Gasteiger partial charge on any atom is -0.467 e. The van der Waals surface area contributed by atoms with Crippen molar-refractivity contribution in [1.29, 1.82) is 0 Å². The third-order valence-corrected chi connectivity index (χ3v) is 2.77. The average molecular weight is 244 g/mol. The van der Waals surface area contributed by atoms with Crippen LogP contribution in [0.1, 0.15) is 34.6 Å². The number of nitrogens with one attached hydrogen (secondary N) is 1. The molecule has 1 atom stereocenters. The Morgan fingerprint density at radius 1 is 1.33 bits per heavy atom. The SMILES string of the molecule is C[C@@H](NC(=O)c1ccc(CN)cc1)c1ccco1. The highest BCUT2D eigenvalue weighted by Gasteiger charge is 2.12. The van der Waals surface area contributed by atoms with Crippen LogP contribution in [0.3, 0.4) is 0 Å². The van der Waals surface area contributed by atoms with E-state index in [2.05, 4.69) is 5.32 Å². The quantitative estimate of drug-likeness (QED) is 0.866.